The molecule has 3 heterocycles. The number of fused-ring (bicyclic) bond motifs is 2. The Morgan fingerprint density at radius 2 is 2.05 bits per heavy atom. The highest BCUT2D eigenvalue weighted by atomic mass is 16.5. The maximum Gasteiger partial charge on any atom is 0.191 e. The van der Waals surface area contributed by atoms with E-state index in [9.17, 15) is 0 Å². The van der Waals surface area contributed by atoms with Crippen molar-refractivity contribution in [3.05, 3.63) is 0 Å². The Bertz CT molecular complexity index is 379. The van der Waals surface area contributed by atoms with Crippen molar-refractivity contribution in [2.24, 2.45) is 10.9 Å². The third-order valence-corrected chi connectivity index (χ3v) is 5.47. The minimum Gasteiger partial charge on any atom is -0.373 e. The van der Waals surface area contributed by atoms with Crippen LogP contribution in [0.15, 0.2) is 4.99 Å². The van der Waals surface area contributed by atoms with Gasteiger partial charge in [0.25, 0.3) is 0 Å². The van der Waals surface area contributed by atoms with Gasteiger partial charge >= 0.3 is 0 Å². The monoisotopic (exact) mass is 308 g/mol. The smallest absolute Gasteiger partial charge is 0.191 e. The average molecular weight is 308 g/mol. The number of nitrogens with zero attached hydrogens (tertiary/aromatic N) is 2. The number of hydrogen-bond acceptors (Lipinski definition) is 3. The number of guanidine groups is 1. The molecule has 3 unspecified atom stereocenters. The first-order chi connectivity index (χ1) is 10.7. The summed E-state index contributed by atoms with van der Waals surface area (Å²) in [6, 6.07) is 0.452. The zero-order valence-corrected chi connectivity index (χ0v) is 14.2. The number of ether oxygens (including phenoxy) is 1. The number of likely N-dealkylation sites (tertiary alicyclic amines) is 1. The maximum atomic E-state index is 5.89. The predicted octanol–water partition coefficient (Wildman–Crippen LogP) is 1.59. The third-order valence-electron chi connectivity index (χ3n) is 5.47. The Hall–Kier alpha value is -0.810. The molecule has 3 saturated heterocycles. The molecule has 0 aromatic heterocycles. The second kappa shape index (κ2) is 7.64. The highest BCUT2D eigenvalue weighted by molar-refractivity contribution is 5.80. The molecule has 5 nitrogen and oxygen atoms in total. The zero-order valence-electron chi connectivity index (χ0n) is 14.2. The molecule has 3 fully saturated rings. The van der Waals surface area contributed by atoms with Gasteiger partial charge in [0.15, 0.2) is 5.96 Å². The lowest BCUT2D eigenvalue weighted by atomic mass is 9.96. The quantitative estimate of drug-likeness (QED) is 0.460. The standard InChI is InChI=1S/C17H32N4O/c1-13-6-10-21(11-7-13)9-3-8-19-17(18-2)20-15-12-14-4-5-16(15)22-14/h13-16H,3-12H2,1-2H3,(H2,18,19,20). The zero-order chi connectivity index (χ0) is 15.4. The van der Waals surface area contributed by atoms with Crippen LogP contribution >= 0.6 is 0 Å². The summed E-state index contributed by atoms with van der Waals surface area (Å²) in [6.45, 7) is 7.11. The highest BCUT2D eigenvalue weighted by Crippen LogP contribution is 2.34. The van der Waals surface area contributed by atoms with E-state index in [0.717, 1.165) is 24.8 Å². The predicted molar refractivity (Wildman–Crippen MR) is 90.3 cm³/mol. The molecule has 0 spiro atoms. The van der Waals surface area contributed by atoms with Gasteiger partial charge in [-0.3, -0.25) is 4.99 Å². The topological polar surface area (TPSA) is 48.9 Å². The fraction of sp³-hybridized carbons (Fsp3) is 0.941. The Kier molecular flexibility index (Phi) is 5.58. The lowest BCUT2D eigenvalue weighted by Gasteiger charge is -2.30. The van der Waals surface area contributed by atoms with Crippen LogP contribution in [-0.4, -0.2) is 62.3 Å². The molecule has 2 bridgehead atoms. The number of nitrogens with one attached hydrogen (secondary N) is 2. The van der Waals surface area contributed by atoms with Crippen molar-refractivity contribution in [2.75, 3.05) is 33.2 Å². The Morgan fingerprint density at radius 1 is 1.23 bits per heavy atom. The Morgan fingerprint density at radius 3 is 2.68 bits per heavy atom. The number of rotatable bonds is 5. The van der Waals surface area contributed by atoms with Crippen molar-refractivity contribution in [3.8, 4) is 0 Å². The molecule has 0 aromatic rings. The van der Waals surface area contributed by atoms with Crippen LogP contribution in [0, 0.1) is 5.92 Å². The molecule has 5 heteroatoms. The number of hydrogen-bond donors (Lipinski definition) is 2. The van der Waals surface area contributed by atoms with E-state index >= 15 is 0 Å². The lowest BCUT2D eigenvalue weighted by molar-refractivity contribution is 0.0992. The summed E-state index contributed by atoms with van der Waals surface area (Å²) in [5.41, 5.74) is 0. The SMILES string of the molecule is CN=C(NCCCN1CCC(C)CC1)NC1CC2CCC1O2. The number of piperidine rings is 1. The molecule has 0 aromatic carbocycles. The Balaban J connectivity index is 1.30. The second-order valence-electron chi connectivity index (χ2n) is 7.24. The van der Waals surface area contributed by atoms with Crippen LogP contribution in [-0.2, 0) is 4.74 Å². The fourth-order valence-corrected chi connectivity index (χ4v) is 3.96. The van der Waals surface area contributed by atoms with Gasteiger partial charge in [0.2, 0.25) is 0 Å². The summed E-state index contributed by atoms with van der Waals surface area (Å²) in [5.74, 6) is 1.86. The average Bonchev–Trinajstić information content (AvgIpc) is 3.14. The van der Waals surface area contributed by atoms with Crippen molar-refractivity contribution < 1.29 is 4.74 Å². The van der Waals surface area contributed by atoms with Crippen molar-refractivity contribution in [3.63, 3.8) is 0 Å². The van der Waals surface area contributed by atoms with Crippen LogP contribution in [0.4, 0.5) is 0 Å². The van der Waals surface area contributed by atoms with Gasteiger partial charge in [-0.1, -0.05) is 6.92 Å². The summed E-state index contributed by atoms with van der Waals surface area (Å²) in [5, 5.41) is 7.00. The lowest BCUT2D eigenvalue weighted by Crippen LogP contribution is -2.47. The molecule has 0 saturated carbocycles. The molecule has 3 aliphatic heterocycles. The van der Waals surface area contributed by atoms with E-state index in [1.807, 2.05) is 7.05 Å². The maximum absolute atomic E-state index is 5.89. The van der Waals surface area contributed by atoms with E-state index in [-0.39, 0.29) is 0 Å². The first kappa shape index (κ1) is 16.1. The fourth-order valence-electron chi connectivity index (χ4n) is 3.96. The van der Waals surface area contributed by atoms with Crippen LogP contribution in [0.3, 0.4) is 0 Å². The molecule has 3 aliphatic rings. The summed E-state index contributed by atoms with van der Waals surface area (Å²) in [4.78, 5) is 6.95. The molecule has 3 atom stereocenters. The van der Waals surface area contributed by atoms with Gasteiger partial charge in [0.05, 0.1) is 18.2 Å². The van der Waals surface area contributed by atoms with Crippen molar-refractivity contribution in [1.29, 1.82) is 0 Å². The summed E-state index contributed by atoms with van der Waals surface area (Å²) < 4.78 is 5.89. The van der Waals surface area contributed by atoms with E-state index in [0.29, 0.717) is 18.2 Å². The molecule has 0 radical (unpaired) electrons. The molecule has 0 amide bonds. The molecule has 3 rings (SSSR count). The second-order valence-corrected chi connectivity index (χ2v) is 7.24. The van der Waals surface area contributed by atoms with Gasteiger partial charge in [-0.2, -0.15) is 0 Å². The largest absolute Gasteiger partial charge is 0.373 e. The van der Waals surface area contributed by atoms with Crippen LogP contribution in [0.1, 0.15) is 45.4 Å². The van der Waals surface area contributed by atoms with Gasteiger partial charge in [0, 0.05) is 13.6 Å². The molecule has 0 aliphatic carbocycles. The molecule has 22 heavy (non-hydrogen) atoms. The Labute approximate surface area is 134 Å². The van der Waals surface area contributed by atoms with E-state index < -0.39 is 0 Å². The summed E-state index contributed by atoms with van der Waals surface area (Å²) in [6.07, 6.45) is 8.37. The van der Waals surface area contributed by atoms with Gasteiger partial charge in [-0.25, -0.2) is 0 Å². The van der Waals surface area contributed by atoms with Crippen LogP contribution in [0.5, 0.6) is 0 Å². The van der Waals surface area contributed by atoms with E-state index in [4.69, 9.17) is 4.74 Å². The van der Waals surface area contributed by atoms with Crippen molar-refractivity contribution in [2.45, 2.75) is 63.7 Å². The first-order valence-corrected chi connectivity index (χ1v) is 9.09. The normalized spacial score (nSPS) is 33.4. The van der Waals surface area contributed by atoms with Crippen LogP contribution in [0.2, 0.25) is 0 Å². The van der Waals surface area contributed by atoms with E-state index in [1.165, 1.54) is 51.7 Å². The van der Waals surface area contributed by atoms with Crippen LogP contribution in [0.25, 0.3) is 0 Å². The molecule has 126 valence electrons. The van der Waals surface area contributed by atoms with Gasteiger partial charge in [0.1, 0.15) is 0 Å². The van der Waals surface area contributed by atoms with Gasteiger partial charge in [-0.15, -0.1) is 0 Å². The summed E-state index contributed by atoms with van der Waals surface area (Å²) >= 11 is 0. The van der Waals surface area contributed by atoms with Crippen molar-refractivity contribution in [1.82, 2.24) is 15.5 Å². The highest BCUT2D eigenvalue weighted by Gasteiger charge is 2.41. The van der Waals surface area contributed by atoms with E-state index in [2.05, 4.69) is 27.4 Å². The molecule has 2 N–H and O–H groups in total. The molecular formula is C17H32N4O. The van der Waals surface area contributed by atoms with Gasteiger partial charge in [-0.05, 0) is 64.1 Å². The minimum atomic E-state index is 0.402. The third kappa shape index (κ3) is 4.13. The molecular weight excluding hydrogens is 276 g/mol. The van der Waals surface area contributed by atoms with Crippen molar-refractivity contribution >= 4 is 5.96 Å². The number of aliphatic imine (C=N–C) groups is 1. The van der Waals surface area contributed by atoms with Crippen LogP contribution < -0.4 is 10.6 Å². The minimum absolute atomic E-state index is 0.402. The summed E-state index contributed by atoms with van der Waals surface area (Å²) in [7, 11) is 1.86. The van der Waals surface area contributed by atoms with E-state index in [1.54, 1.807) is 0 Å². The first-order valence-electron chi connectivity index (χ1n) is 9.09. The van der Waals surface area contributed by atoms with Gasteiger partial charge < -0.3 is 20.3 Å².